The van der Waals surface area contributed by atoms with Gasteiger partial charge >= 0.3 is 5.97 Å². The highest BCUT2D eigenvalue weighted by Crippen LogP contribution is 2.45. The van der Waals surface area contributed by atoms with Crippen LogP contribution in [-0.4, -0.2) is 29.1 Å². The molecule has 2 saturated carbocycles. The minimum absolute atomic E-state index is 0.0215. The molecular weight excluding hydrogens is 220 g/mol. The number of aliphatic hydroxyl groups excluding tert-OH is 1. The summed E-state index contributed by atoms with van der Waals surface area (Å²) in [5.74, 6) is -0.252. The molecule has 4 nitrogen and oxygen atoms in total. The predicted octanol–water partition coefficient (Wildman–Crippen LogP) is 0.834. The van der Waals surface area contributed by atoms with Crippen LogP contribution < -0.4 is 0 Å². The Balaban J connectivity index is 1.87. The summed E-state index contributed by atoms with van der Waals surface area (Å²) in [5.41, 5.74) is 0.504. The van der Waals surface area contributed by atoms with Crippen LogP contribution >= 0.6 is 0 Å². The summed E-state index contributed by atoms with van der Waals surface area (Å²) in [4.78, 5) is 23.3. The summed E-state index contributed by atoms with van der Waals surface area (Å²) >= 11 is 0. The lowest BCUT2D eigenvalue weighted by Crippen LogP contribution is -2.21. The van der Waals surface area contributed by atoms with E-state index in [0.717, 1.165) is 12.8 Å². The summed E-state index contributed by atoms with van der Waals surface area (Å²) in [5, 5.41) is 9.85. The van der Waals surface area contributed by atoms with Crippen LogP contribution in [0, 0.1) is 17.8 Å². The van der Waals surface area contributed by atoms with E-state index in [4.69, 9.17) is 4.74 Å². The molecule has 4 heteroatoms. The standard InChI is InChI=1S/C13H16O4/c1-6-8-4-9-7(10(14)5-11(9)15)2-3-12(8)17-13(6)16/h7-10,12,14H,1-5H2/t7-,8+,9-,10-,12+/m0/s1. The maximum absolute atomic E-state index is 11.8. The average molecular weight is 236 g/mol. The van der Waals surface area contributed by atoms with Crippen LogP contribution in [0.25, 0.3) is 0 Å². The maximum Gasteiger partial charge on any atom is 0.334 e. The van der Waals surface area contributed by atoms with Crippen molar-refractivity contribution < 1.29 is 19.4 Å². The zero-order valence-electron chi connectivity index (χ0n) is 9.59. The van der Waals surface area contributed by atoms with Crippen molar-refractivity contribution >= 4 is 11.8 Å². The van der Waals surface area contributed by atoms with E-state index in [-0.39, 0.29) is 42.0 Å². The van der Waals surface area contributed by atoms with Gasteiger partial charge in [-0.1, -0.05) is 6.58 Å². The fraction of sp³-hybridized carbons (Fsp3) is 0.692. The van der Waals surface area contributed by atoms with Crippen molar-refractivity contribution in [3.63, 3.8) is 0 Å². The van der Waals surface area contributed by atoms with Crippen molar-refractivity contribution in [1.29, 1.82) is 0 Å². The number of hydrogen-bond acceptors (Lipinski definition) is 4. The van der Waals surface area contributed by atoms with E-state index in [1.807, 2.05) is 0 Å². The topological polar surface area (TPSA) is 63.6 Å². The van der Waals surface area contributed by atoms with Crippen LogP contribution in [0.2, 0.25) is 0 Å². The van der Waals surface area contributed by atoms with Gasteiger partial charge in [0.2, 0.25) is 0 Å². The molecule has 0 amide bonds. The summed E-state index contributed by atoms with van der Waals surface area (Å²) in [6.07, 6.45) is 1.76. The van der Waals surface area contributed by atoms with Crippen LogP contribution in [-0.2, 0) is 14.3 Å². The van der Waals surface area contributed by atoms with Crippen LogP contribution in [0.1, 0.15) is 25.7 Å². The maximum atomic E-state index is 11.8. The highest BCUT2D eigenvalue weighted by molar-refractivity contribution is 5.91. The molecule has 0 aromatic rings. The number of hydrogen-bond donors (Lipinski definition) is 1. The van der Waals surface area contributed by atoms with Crippen LogP contribution in [0.4, 0.5) is 0 Å². The number of carbonyl (C=O) groups is 2. The summed E-state index contributed by atoms with van der Waals surface area (Å²) < 4.78 is 5.26. The molecule has 1 heterocycles. The van der Waals surface area contributed by atoms with E-state index in [1.165, 1.54) is 0 Å². The van der Waals surface area contributed by atoms with E-state index in [2.05, 4.69) is 6.58 Å². The molecule has 3 rings (SSSR count). The van der Waals surface area contributed by atoms with Gasteiger partial charge in [0.25, 0.3) is 0 Å². The van der Waals surface area contributed by atoms with Gasteiger partial charge in [-0.15, -0.1) is 0 Å². The van der Waals surface area contributed by atoms with Gasteiger partial charge in [0.1, 0.15) is 11.9 Å². The Hall–Kier alpha value is -1.16. The third kappa shape index (κ3) is 1.54. The Morgan fingerprint density at radius 3 is 2.76 bits per heavy atom. The minimum Gasteiger partial charge on any atom is -0.458 e. The van der Waals surface area contributed by atoms with Gasteiger partial charge in [0, 0.05) is 23.8 Å². The normalized spacial score (nSPS) is 45.2. The van der Waals surface area contributed by atoms with Gasteiger partial charge in [0.05, 0.1) is 6.10 Å². The first-order valence-electron chi connectivity index (χ1n) is 6.18. The first-order valence-corrected chi connectivity index (χ1v) is 6.18. The Labute approximate surface area is 99.6 Å². The predicted molar refractivity (Wildman–Crippen MR) is 59.0 cm³/mol. The number of carbonyl (C=O) groups excluding carboxylic acids is 2. The SMILES string of the molecule is C=C1C(=O)O[C@@H]2CC[C@H]3[C@H](C[C@H]12)C(=O)C[C@@H]3O. The minimum atomic E-state index is -0.504. The first kappa shape index (κ1) is 11.0. The number of Topliss-reactive ketones (excluding diaryl/α,β-unsaturated/α-hetero) is 1. The molecule has 0 spiro atoms. The second-order valence-electron chi connectivity index (χ2n) is 5.40. The zero-order valence-corrected chi connectivity index (χ0v) is 9.59. The van der Waals surface area contributed by atoms with E-state index in [9.17, 15) is 14.7 Å². The lowest BCUT2D eigenvalue weighted by Gasteiger charge is -2.18. The van der Waals surface area contributed by atoms with E-state index < -0.39 is 6.10 Å². The van der Waals surface area contributed by atoms with E-state index in [1.54, 1.807) is 0 Å². The molecule has 1 N–H and O–H groups in total. The van der Waals surface area contributed by atoms with Crippen molar-refractivity contribution in [2.75, 3.05) is 0 Å². The quantitative estimate of drug-likeness (QED) is 0.500. The van der Waals surface area contributed by atoms with Crippen molar-refractivity contribution in [3.05, 3.63) is 12.2 Å². The number of esters is 1. The number of ketones is 1. The molecule has 5 atom stereocenters. The summed E-state index contributed by atoms with van der Waals surface area (Å²) in [6.45, 7) is 3.77. The Bertz CT molecular complexity index is 400. The second kappa shape index (κ2) is 3.67. The smallest absolute Gasteiger partial charge is 0.334 e. The van der Waals surface area contributed by atoms with E-state index in [0.29, 0.717) is 12.0 Å². The van der Waals surface area contributed by atoms with Crippen molar-refractivity contribution in [3.8, 4) is 0 Å². The molecule has 0 bridgehead atoms. The highest BCUT2D eigenvalue weighted by Gasteiger charge is 2.49. The van der Waals surface area contributed by atoms with E-state index >= 15 is 0 Å². The van der Waals surface area contributed by atoms with Gasteiger partial charge in [-0.25, -0.2) is 4.79 Å². The van der Waals surface area contributed by atoms with Gasteiger partial charge in [-0.3, -0.25) is 4.79 Å². The van der Waals surface area contributed by atoms with Crippen molar-refractivity contribution in [2.24, 2.45) is 17.8 Å². The number of ether oxygens (including phenoxy) is 1. The van der Waals surface area contributed by atoms with Crippen LogP contribution in [0.5, 0.6) is 0 Å². The first-order chi connectivity index (χ1) is 8.08. The highest BCUT2D eigenvalue weighted by atomic mass is 16.6. The van der Waals surface area contributed by atoms with Crippen LogP contribution in [0.15, 0.2) is 12.2 Å². The lowest BCUT2D eigenvalue weighted by molar-refractivity contribution is -0.139. The van der Waals surface area contributed by atoms with Gasteiger partial charge in [-0.05, 0) is 25.2 Å². The van der Waals surface area contributed by atoms with Gasteiger partial charge in [0.15, 0.2) is 0 Å². The molecule has 2 aliphatic carbocycles. The Kier molecular flexibility index (Phi) is 2.36. The van der Waals surface area contributed by atoms with Crippen molar-refractivity contribution in [1.82, 2.24) is 0 Å². The number of rotatable bonds is 0. The van der Waals surface area contributed by atoms with Crippen molar-refractivity contribution in [2.45, 2.75) is 37.9 Å². The third-order valence-electron chi connectivity index (χ3n) is 4.54. The lowest BCUT2D eigenvalue weighted by atomic mass is 9.85. The molecule has 3 fully saturated rings. The van der Waals surface area contributed by atoms with Crippen LogP contribution in [0.3, 0.4) is 0 Å². The third-order valence-corrected chi connectivity index (χ3v) is 4.54. The fourth-order valence-electron chi connectivity index (χ4n) is 3.57. The number of fused-ring (bicyclic) bond motifs is 2. The summed E-state index contributed by atoms with van der Waals surface area (Å²) in [6, 6.07) is 0. The molecule has 3 aliphatic rings. The molecule has 0 aromatic heterocycles. The second-order valence-corrected chi connectivity index (χ2v) is 5.40. The molecule has 1 saturated heterocycles. The largest absolute Gasteiger partial charge is 0.458 e. The molecule has 0 radical (unpaired) electrons. The summed E-state index contributed by atoms with van der Waals surface area (Å²) in [7, 11) is 0. The Morgan fingerprint density at radius 2 is 2.00 bits per heavy atom. The fourth-order valence-corrected chi connectivity index (χ4v) is 3.57. The average Bonchev–Trinajstić information content (AvgIpc) is 2.61. The molecule has 17 heavy (non-hydrogen) atoms. The molecule has 0 aromatic carbocycles. The van der Waals surface area contributed by atoms with Gasteiger partial charge in [-0.2, -0.15) is 0 Å². The molecular formula is C13H16O4. The number of aliphatic hydroxyl groups is 1. The monoisotopic (exact) mass is 236 g/mol. The molecule has 92 valence electrons. The zero-order chi connectivity index (χ0) is 12.2. The Morgan fingerprint density at radius 1 is 1.24 bits per heavy atom. The molecule has 0 unspecified atom stereocenters. The molecule has 1 aliphatic heterocycles. The van der Waals surface area contributed by atoms with Gasteiger partial charge < -0.3 is 9.84 Å².